The molecule has 2 aromatic rings. The minimum absolute atomic E-state index is 1.00. The van der Waals surface area contributed by atoms with Crippen molar-refractivity contribution in [1.82, 2.24) is 9.78 Å². The zero-order valence-electron chi connectivity index (χ0n) is 8.46. The Bertz CT molecular complexity index is 503. The zero-order valence-corrected chi connectivity index (χ0v) is 11.6. The normalized spacial score (nSPS) is 10.7. The van der Waals surface area contributed by atoms with E-state index < -0.39 is 0 Å². The largest absolute Gasteiger partial charge is 0.266 e. The summed E-state index contributed by atoms with van der Waals surface area (Å²) in [5, 5.41) is 4.38. The Morgan fingerprint density at radius 2 is 1.87 bits per heavy atom. The molecule has 0 aliphatic heterocycles. The van der Waals surface area contributed by atoms with Crippen LogP contribution in [0.2, 0.25) is 0 Å². The van der Waals surface area contributed by atoms with Gasteiger partial charge in [0.15, 0.2) is 0 Å². The van der Waals surface area contributed by atoms with E-state index >= 15 is 0 Å². The van der Waals surface area contributed by atoms with Crippen molar-refractivity contribution in [2.75, 3.05) is 0 Å². The first-order chi connectivity index (χ1) is 7.11. The summed E-state index contributed by atoms with van der Waals surface area (Å²) in [5.74, 6) is 0. The standard InChI is InChI=1S/C11H10Br2N2/c1-7-10(13)11(15(2)14-7)8-5-3-4-6-9(8)12/h3-6H,1-2H3. The van der Waals surface area contributed by atoms with Crippen molar-refractivity contribution in [3.8, 4) is 11.3 Å². The molecule has 4 heteroatoms. The molecular formula is C11H10Br2N2. The third kappa shape index (κ3) is 1.88. The van der Waals surface area contributed by atoms with Crippen LogP contribution >= 0.6 is 31.9 Å². The van der Waals surface area contributed by atoms with Crippen LogP contribution in [0, 0.1) is 6.92 Å². The molecule has 1 aromatic heterocycles. The summed E-state index contributed by atoms with van der Waals surface area (Å²) in [6.45, 7) is 1.99. The van der Waals surface area contributed by atoms with Crippen LogP contribution in [0.5, 0.6) is 0 Å². The summed E-state index contributed by atoms with van der Waals surface area (Å²) in [6.07, 6.45) is 0. The number of hydrogen-bond donors (Lipinski definition) is 0. The van der Waals surface area contributed by atoms with Crippen LogP contribution in [-0.2, 0) is 7.05 Å². The van der Waals surface area contributed by atoms with E-state index in [-0.39, 0.29) is 0 Å². The molecule has 0 saturated heterocycles. The van der Waals surface area contributed by atoms with E-state index in [1.165, 1.54) is 0 Å². The summed E-state index contributed by atoms with van der Waals surface area (Å²) in [6, 6.07) is 8.13. The molecule has 0 aliphatic rings. The molecule has 0 spiro atoms. The molecule has 2 nitrogen and oxygen atoms in total. The van der Waals surface area contributed by atoms with E-state index in [4.69, 9.17) is 0 Å². The lowest BCUT2D eigenvalue weighted by molar-refractivity contribution is 0.764. The predicted octanol–water partition coefficient (Wildman–Crippen LogP) is 3.92. The molecule has 2 rings (SSSR count). The second kappa shape index (κ2) is 4.10. The Kier molecular flexibility index (Phi) is 2.98. The average Bonchev–Trinajstić information content (AvgIpc) is 2.43. The van der Waals surface area contributed by atoms with E-state index in [1.54, 1.807) is 0 Å². The van der Waals surface area contributed by atoms with Gasteiger partial charge in [0.05, 0.1) is 15.9 Å². The molecule has 0 aliphatic carbocycles. The fraction of sp³-hybridized carbons (Fsp3) is 0.182. The maximum absolute atomic E-state index is 4.38. The van der Waals surface area contributed by atoms with Gasteiger partial charge in [-0.25, -0.2) is 0 Å². The van der Waals surface area contributed by atoms with Crippen molar-refractivity contribution in [2.45, 2.75) is 6.92 Å². The fourth-order valence-corrected chi connectivity index (χ4v) is 2.60. The number of halogens is 2. The lowest BCUT2D eigenvalue weighted by Gasteiger charge is -2.05. The molecule has 1 heterocycles. The van der Waals surface area contributed by atoms with Crippen LogP contribution in [0.4, 0.5) is 0 Å². The van der Waals surface area contributed by atoms with Gasteiger partial charge < -0.3 is 0 Å². The molecule has 15 heavy (non-hydrogen) atoms. The van der Waals surface area contributed by atoms with Crippen molar-refractivity contribution in [3.05, 3.63) is 38.9 Å². The Morgan fingerprint density at radius 3 is 2.40 bits per heavy atom. The highest BCUT2D eigenvalue weighted by atomic mass is 79.9. The molecule has 0 saturated carbocycles. The van der Waals surface area contributed by atoms with Crippen LogP contribution in [0.15, 0.2) is 33.2 Å². The molecule has 0 unspecified atom stereocenters. The Morgan fingerprint density at radius 1 is 1.20 bits per heavy atom. The summed E-state index contributed by atoms with van der Waals surface area (Å²) in [7, 11) is 1.95. The third-order valence-electron chi connectivity index (χ3n) is 2.28. The van der Waals surface area contributed by atoms with Crippen molar-refractivity contribution in [3.63, 3.8) is 0 Å². The molecule has 0 radical (unpaired) electrons. The number of nitrogens with zero attached hydrogens (tertiary/aromatic N) is 2. The maximum atomic E-state index is 4.38. The van der Waals surface area contributed by atoms with Crippen molar-refractivity contribution >= 4 is 31.9 Å². The summed E-state index contributed by atoms with van der Waals surface area (Å²) < 4.78 is 4.02. The molecule has 1 aromatic carbocycles. The number of hydrogen-bond acceptors (Lipinski definition) is 1. The van der Waals surface area contributed by atoms with Gasteiger partial charge in [-0.05, 0) is 28.9 Å². The Hall–Kier alpha value is -0.610. The Labute approximate surface area is 106 Å². The second-order valence-corrected chi connectivity index (χ2v) is 5.00. The van der Waals surface area contributed by atoms with Crippen LogP contribution in [0.3, 0.4) is 0 Å². The van der Waals surface area contributed by atoms with Gasteiger partial charge in [-0.15, -0.1) is 0 Å². The zero-order chi connectivity index (χ0) is 11.0. The van der Waals surface area contributed by atoms with E-state index in [9.17, 15) is 0 Å². The third-order valence-corrected chi connectivity index (χ3v) is 3.92. The first-order valence-corrected chi connectivity index (χ1v) is 6.14. The van der Waals surface area contributed by atoms with Gasteiger partial charge in [0.1, 0.15) is 0 Å². The predicted molar refractivity (Wildman–Crippen MR) is 68.8 cm³/mol. The van der Waals surface area contributed by atoms with E-state index in [1.807, 2.05) is 36.9 Å². The fourth-order valence-electron chi connectivity index (χ4n) is 1.58. The van der Waals surface area contributed by atoms with E-state index in [0.29, 0.717) is 0 Å². The molecule has 0 bridgehead atoms. The first kappa shape index (κ1) is 10.9. The SMILES string of the molecule is Cc1nn(C)c(-c2ccccc2Br)c1Br. The highest BCUT2D eigenvalue weighted by Crippen LogP contribution is 2.34. The monoisotopic (exact) mass is 328 g/mol. The van der Waals surface area contributed by atoms with Crippen molar-refractivity contribution in [2.24, 2.45) is 7.05 Å². The maximum Gasteiger partial charge on any atom is 0.0835 e. The number of aryl methyl sites for hydroxylation is 2. The van der Waals surface area contributed by atoms with Crippen LogP contribution in [-0.4, -0.2) is 9.78 Å². The first-order valence-electron chi connectivity index (χ1n) is 4.55. The summed E-state index contributed by atoms with van der Waals surface area (Å²) in [5.41, 5.74) is 3.25. The van der Waals surface area contributed by atoms with Gasteiger partial charge in [-0.3, -0.25) is 4.68 Å². The average molecular weight is 330 g/mol. The van der Waals surface area contributed by atoms with Crippen molar-refractivity contribution < 1.29 is 0 Å². The molecule has 0 fully saturated rings. The Balaban J connectivity index is 2.69. The molecule has 78 valence electrons. The summed E-state index contributed by atoms with van der Waals surface area (Å²) >= 11 is 7.12. The second-order valence-electron chi connectivity index (χ2n) is 3.35. The lowest BCUT2D eigenvalue weighted by atomic mass is 10.1. The van der Waals surface area contributed by atoms with Gasteiger partial charge in [0.25, 0.3) is 0 Å². The number of aromatic nitrogens is 2. The van der Waals surface area contributed by atoms with Crippen LogP contribution in [0.25, 0.3) is 11.3 Å². The van der Waals surface area contributed by atoms with E-state index in [2.05, 4.69) is 43.0 Å². The lowest BCUT2D eigenvalue weighted by Crippen LogP contribution is -1.94. The minimum Gasteiger partial charge on any atom is -0.266 e. The topological polar surface area (TPSA) is 17.8 Å². The highest BCUT2D eigenvalue weighted by molar-refractivity contribution is 9.11. The van der Waals surface area contributed by atoms with Gasteiger partial charge in [0.2, 0.25) is 0 Å². The number of rotatable bonds is 1. The van der Waals surface area contributed by atoms with Crippen molar-refractivity contribution in [1.29, 1.82) is 0 Å². The minimum atomic E-state index is 1.00. The van der Waals surface area contributed by atoms with Gasteiger partial charge in [-0.1, -0.05) is 34.1 Å². The molecule has 0 N–H and O–H groups in total. The smallest absolute Gasteiger partial charge is 0.0835 e. The highest BCUT2D eigenvalue weighted by Gasteiger charge is 2.14. The summed E-state index contributed by atoms with van der Waals surface area (Å²) in [4.78, 5) is 0. The van der Waals surface area contributed by atoms with Gasteiger partial charge in [-0.2, -0.15) is 5.10 Å². The van der Waals surface area contributed by atoms with Crippen LogP contribution in [0.1, 0.15) is 5.69 Å². The molecular weight excluding hydrogens is 320 g/mol. The molecule has 0 amide bonds. The van der Waals surface area contributed by atoms with Crippen LogP contribution < -0.4 is 0 Å². The van der Waals surface area contributed by atoms with E-state index in [0.717, 1.165) is 25.9 Å². The van der Waals surface area contributed by atoms with Gasteiger partial charge >= 0.3 is 0 Å². The quantitative estimate of drug-likeness (QED) is 0.775. The number of benzene rings is 1. The van der Waals surface area contributed by atoms with Gasteiger partial charge in [0, 0.05) is 17.1 Å². The molecule has 0 atom stereocenters.